The lowest BCUT2D eigenvalue weighted by molar-refractivity contribution is -0.134. The average molecular weight is 395 g/mol. The molecular weight excluding hydrogens is 360 g/mol. The number of likely N-dealkylation sites (N-methyl/N-ethyl adjacent to an activating group) is 1. The molecule has 1 aromatic heterocycles. The molecule has 3 heterocycles. The molecule has 0 saturated carbocycles. The van der Waals surface area contributed by atoms with Crippen molar-refractivity contribution < 1.29 is 9.90 Å². The number of piperazine rings is 1. The minimum atomic E-state index is 0.241. The normalized spacial score (nSPS) is 25.1. The van der Waals surface area contributed by atoms with Crippen molar-refractivity contribution in [1.29, 1.82) is 0 Å². The molecule has 2 fully saturated rings. The Morgan fingerprint density at radius 3 is 2.74 bits per heavy atom. The van der Waals surface area contributed by atoms with Gasteiger partial charge in [0, 0.05) is 63.2 Å². The van der Waals surface area contributed by atoms with E-state index in [1.807, 2.05) is 12.4 Å². The predicted octanol–water partition coefficient (Wildman–Crippen LogP) is 1.62. The van der Waals surface area contributed by atoms with Crippen LogP contribution in [-0.2, 0) is 11.2 Å². The number of amides is 1. The molecule has 0 spiro atoms. The van der Waals surface area contributed by atoms with Crippen molar-refractivity contribution in [2.75, 3.05) is 52.9 Å². The maximum absolute atomic E-state index is 12.8. The smallest absolute Gasteiger partial charge is 0.222 e. The molecule has 0 unspecified atom stereocenters. The molecule has 1 N–H and O–H groups in total. The van der Waals surface area contributed by atoms with Crippen molar-refractivity contribution >= 4 is 17.2 Å². The number of carbonyl (C=O) groups is 1. The topological polar surface area (TPSA) is 59.9 Å². The number of hydrogen-bond donors (Lipinski definition) is 1. The van der Waals surface area contributed by atoms with E-state index in [0.29, 0.717) is 18.4 Å². The van der Waals surface area contributed by atoms with Gasteiger partial charge in [0.1, 0.15) is 0 Å². The van der Waals surface area contributed by atoms with Gasteiger partial charge in [-0.25, -0.2) is 4.98 Å². The molecule has 0 aromatic carbocycles. The molecule has 0 radical (unpaired) electrons. The van der Waals surface area contributed by atoms with Crippen molar-refractivity contribution in [2.45, 2.75) is 45.1 Å². The van der Waals surface area contributed by atoms with E-state index in [2.05, 4.69) is 26.7 Å². The van der Waals surface area contributed by atoms with Crippen molar-refractivity contribution in [3.8, 4) is 0 Å². The third kappa shape index (κ3) is 5.50. The zero-order chi connectivity index (χ0) is 19.2. The van der Waals surface area contributed by atoms with Crippen molar-refractivity contribution in [2.24, 2.45) is 5.92 Å². The van der Waals surface area contributed by atoms with Crippen LogP contribution in [0.1, 0.15) is 36.3 Å². The van der Waals surface area contributed by atoms with Gasteiger partial charge < -0.3 is 14.9 Å². The van der Waals surface area contributed by atoms with Crippen LogP contribution in [0.5, 0.6) is 0 Å². The lowest BCUT2D eigenvalue weighted by atomic mass is 9.86. The predicted molar refractivity (Wildman–Crippen MR) is 109 cm³/mol. The summed E-state index contributed by atoms with van der Waals surface area (Å²) in [5, 5.41) is 9.31. The molecule has 152 valence electrons. The number of hydrogen-bond acceptors (Lipinski definition) is 6. The number of aliphatic hydroxyl groups is 1. The van der Waals surface area contributed by atoms with Gasteiger partial charge in [0.15, 0.2) is 0 Å². The summed E-state index contributed by atoms with van der Waals surface area (Å²) in [5.74, 6) is 0.747. The number of aliphatic hydroxyl groups excluding tert-OH is 1. The number of aryl methyl sites for hydroxylation is 2. The Labute approximate surface area is 167 Å². The van der Waals surface area contributed by atoms with E-state index < -0.39 is 0 Å². The van der Waals surface area contributed by atoms with Gasteiger partial charge in [-0.05, 0) is 45.6 Å². The molecule has 1 amide bonds. The fourth-order valence-corrected chi connectivity index (χ4v) is 5.24. The Hall–Kier alpha value is -1.02. The van der Waals surface area contributed by atoms with E-state index in [1.165, 1.54) is 4.88 Å². The first kappa shape index (κ1) is 20.7. The Balaban J connectivity index is 1.56. The SMILES string of the molecule is Cc1ncsc1CCC(=O)N1CC[C@H](N2CCN(C)CC2)[C@H](CCCO)C1. The second-order valence-corrected chi connectivity index (χ2v) is 8.96. The van der Waals surface area contributed by atoms with Gasteiger partial charge in [-0.2, -0.15) is 0 Å². The van der Waals surface area contributed by atoms with E-state index in [9.17, 15) is 9.90 Å². The third-order valence-electron chi connectivity index (χ3n) is 6.20. The fourth-order valence-electron chi connectivity index (χ4n) is 4.46. The summed E-state index contributed by atoms with van der Waals surface area (Å²) in [6.07, 6.45) is 4.28. The third-order valence-corrected chi connectivity index (χ3v) is 7.19. The highest BCUT2D eigenvalue weighted by molar-refractivity contribution is 7.09. The monoisotopic (exact) mass is 394 g/mol. The molecule has 1 aromatic rings. The van der Waals surface area contributed by atoms with Gasteiger partial charge in [-0.3, -0.25) is 9.69 Å². The van der Waals surface area contributed by atoms with Crippen LogP contribution in [-0.4, -0.2) is 89.7 Å². The van der Waals surface area contributed by atoms with Gasteiger partial charge in [-0.1, -0.05) is 0 Å². The number of likely N-dealkylation sites (tertiary alicyclic amines) is 1. The van der Waals surface area contributed by atoms with E-state index >= 15 is 0 Å². The summed E-state index contributed by atoms with van der Waals surface area (Å²) in [6, 6.07) is 0.554. The highest BCUT2D eigenvalue weighted by Gasteiger charge is 2.35. The van der Waals surface area contributed by atoms with Crippen molar-refractivity contribution in [3.05, 3.63) is 16.1 Å². The van der Waals surface area contributed by atoms with Gasteiger partial charge in [-0.15, -0.1) is 11.3 Å². The Bertz CT molecular complexity index is 601. The molecule has 6 nitrogen and oxygen atoms in total. The van der Waals surface area contributed by atoms with E-state index in [0.717, 1.165) is 70.6 Å². The zero-order valence-electron chi connectivity index (χ0n) is 16.8. The molecule has 0 aliphatic carbocycles. The Morgan fingerprint density at radius 1 is 1.30 bits per heavy atom. The highest BCUT2D eigenvalue weighted by atomic mass is 32.1. The quantitative estimate of drug-likeness (QED) is 0.762. The first-order valence-electron chi connectivity index (χ1n) is 10.3. The lowest BCUT2D eigenvalue weighted by Crippen LogP contribution is -2.57. The van der Waals surface area contributed by atoms with Crippen LogP contribution < -0.4 is 0 Å². The number of thiazole rings is 1. The Kier molecular flexibility index (Phi) is 7.64. The maximum atomic E-state index is 12.8. The van der Waals surface area contributed by atoms with Gasteiger partial charge in [0.25, 0.3) is 0 Å². The second kappa shape index (κ2) is 9.96. The number of nitrogens with zero attached hydrogens (tertiary/aromatic N) is 4. The number of carbonyl (C=O) groups excluding carboxylic acids is 1. The summed E-state index contributed by atoms with van der Waals surface area (Å²) in [4.78, 5) is 25.4. The van der Waals surface area contributed by atoms with E-state index in [4.69, 9.17) is 0 Å². The zero-order valence-corrected chi connectivity index (χ0v) is 17.6. The number of aromatic nitrogens is 1. The van der Waals surface area contributed by atoms with E-state index in [-0.39, 0.29) is 12.5 Å². The molecule has 0 bridgehead atoms. The summed E-state index contributed by atoms with van der Waals surface area (Å²) in [7, 11) is 2.19. The van der Waals surface area contributed by atoms with Crippen LogP contribution in [0.15, 0.2) is 5.51 Å². The Morgan fingerprint density at radius 2 is 2.07 bits per heavy atom. The molecule has 2 saturated heterocycles. The minimum absolute atomic E-state index is 0.241. The number of rotatable bonds is 7. The standard InChI is InChI=1S/C20H34N4O2S/c1-16-19(27-15-21-16)5-6-20(26)24-8-7-18(17(14-24)4-3-13-25)23-11-9-22(2)10-12-23/h15,17-18,25H,3-14H2,1-2H3/t17-,18+/m1/s1. The van der Waals surface area contributed by atoms with Gasteiger partial charge in [0.05, 0.1) is 11.2 Å². The first-order valence-corrected chi connectivity index (χ1v) is 11.2. The second-order valence-electron chi connectivity index (χ2n) is 8.02. The van der Waals surface area contributed by atoms with Crippen LogP contribution >= 0.6 is 11.3 Å². The fraction of sp³-hybridized carbons (Fsp3) is 0.800. The van der Waals surface area contributed by atoms with Gasteiger partial charge >= 0.3 is 0 Å². The minimum Gasteiger partial charge on any atom is -0.396 e. The first-order chi connectivity index (χ1) is 13.1. The molecule has 7 heteroatoms. The maximum Gasteiger partial charge on any atom is 0.222 e. The summed E-state index contributed by atoms with van der Waals surface area (Å²) < 4.78 is 0. The van der Waals surface area contributed by atoms with Crippen LogP contribution in [0, 0.1) is 12.8 Å². The van der Waals surface area contributed by atoms with Crippen LogP contribution in [0.2, 0.25) is 0 Å². The largest absolute Gasteiger partial charge is 0.396 e. The van der Waals surface area contributed by atoms with Gasteiger partial charge in [0.2, 0.25) is 5.91 Å². The van der Waals surface area contributed by atoms with E-state index in [1.54, 1.807) is 11.3 Å². The van der Waals surface area contributed by atoms with Crippen molar-refractivity contribution in [1.82, 2.24) is 19.7 Å². The highest BCUT2D eigenvalue weighted by Crippen LogP contribution is 2.28. The molecular formula is C20H34N4O2S. The van der Waals surface area contributed by atoms with Crippen LogP contribution in [0.3, 0.4) is 0 Å². The van der Waals surface area contributed by atoms with Crippen LogP contribution in [0.25, 0.3) is 0 Å². The summed E-state index contributed by atoms with van der Waals surface area (Å²) >= 11 is 1.65. The number of piperidine rings is 1. The summed E-state index contributed by atoms with van der Waals surface area (Å²) in [5.41, 5.74) is 2.92. The van der Waals surface area contributed by atoms with Crippen molar-refractivity contribution in [3.63, 3.8) is 0 Å². The summed E-state index contributed by atoms with van der Waals surface area (Å²) in [6.45, 7) is 8.46. The molecule has 2 aliphatic heterocycles. The molecule has 3 rings (SSSR count). The van der Waals surface area contributed by atoms with Crippen LogP contribution in [0.4, 0.5) is 0 Å². The molecule has 2 aliphatic rings. The average Bonchev–Trinajstić information content (AvgIpc) is 3.10. The molecule has 27 heavy (non-hydrogen) atoms. The molecule has 2 atom stereocenters. The lowest BCUT2D eigenvalue weighted by Gasteiger charge is -2.46.